The van der Waals surface area contributed by atoms with Gasteiger partial charge in [0.2, 0.25) is 0 Å². The molecule has 0 radical (unpaired) electrons. The van der Waals surface area contributed by atoms with E-state index in [4.69, 9.17) is 27.9 Å². The molecule has 0 amide bonds. The highest BCUT2D eigenvalue weighted by Gasteiger charge is 2.15. The van der Waals surface area contributed by atoms with Gasteiger partial charge in [0.05, 0.1) is 24.2 Å². The molecule has 23 heavy (non-hydrogen) atoms. The molecule has 0 fully saturated rings. The van der Waals surface area contributed by atoms with Crippen molar-refractivity contribution in [2.24, 2.45) is 0 Å². The third-order valence-corrected chi connectivity index (χ3v) is 3.24. The summed E-state index contributed by atoms with van der Waals surface area (Å²) in [5.74, 6) is 0.597. The molecular formula is C13H13Cl2N3O5. The van der Waals surface area contributed by atoms with Crippen molar-refractivity contribution in [3.63, 3.8) is 0 Å². The van der Waals surface area contributed by atoms with E-state index >= 15 is 0 Å². The zero-order valence-corrected chi connectivity index (χ0v) is 14.0. The number of hydrogen-bond acceptors (Lipinski definition) is 5. The van der Waals surface area contributed by atoms with E-state index in [1.807, 2.05) is 0 Å². The molecule has 0 aliphatic heterocycles. The SMILES string of the molecule is COc1cc(C)[n+]([O-])c(Cl)c1.Cc1cc([N+](=O)[O-])cc(Cl)[n+]1[O-]. The average Bonchev–Trinajstić information content (AvgIpc) is 2.49. The molecule has 0 spiro atoms. The van der Waals surface area contributed by atoms with Crippen LogP contribution in [0.3, 0.4) is 0 Å². The smallest absolute Gasteiger partial charge is 0.293 e. The number of hydrogen-bond donors (Lipinski definition) is 0. The first kappa shape index (κ1) is 18.7. The second kappa shape index (κ2) is 7.80. The summed E-state index contributed by atoms with van der Waals surface area (Å²) < 4.78 is 5.96. The zero-order chi connectivity index (χ0) is 17.7. The van der Waals surface area contributed by atoms with Crippen LogP contribution in [0.4, 0.5) is 5.69 Å². The highest BCUT2D eigenvalue weighted by atomic mass is 35.5. The van der Waals surface area contributed by atoms with Crippen molar-refractivity contribution in [3.8, 4) is 5.75 Å². The van der Waals surface area contributed by atoms with E-state index in [9.17, 15) is 20.5 Å². The Kier molecular flexibility index (Phi) is 6.35. The van der Waals surface area contributed by atoms with Crippen LogP contribution < -0.4 is 14.2 Å². The van der Waals surface area contributed by atoms with Gasteiger partial charge in [-0.3, -0.25) is 10.1 Å². The molecule has 0 aliphatic rings. The topological polar surface area (TPSA) is 106 Å². The summed E-state index contributed by atoms with van der Waals surface area (Å²) in [5.41, 5.74) is 0.549. The van der Waals surface area contributed by atoms with Gasteiger partial charge in [0, 0.05) is 19.9 Å². The van der Waals surface area contributed by atoms with Gasteiger partial charge in [-0.15, -0.1) is 0 Å². The maximum absolute atomic E-state index is 11.0. The number of aryl methyl sites for hydroxylation is 2. The minimum atomic E-state index is -0.598. The van der Waals surface area contributed by atoms with E-state index < -0.39 is 4.92 Å². The molecular weight excluding hydrogens is 349 g/mol. The largest absolute Gasteiger partial charge is 0.617 e. The van der Waals surface area contributed by atoms with Crippen LogP contribution in [0.25, 0.3) is 0 Å². The molecule has 2 aromatic heterocycles. The fourth-order valence-corrected chi connectivity index (χ4v) is 2.02. The fraction of sp³-hybridized carbons (Fsp3) is 0.231. The molecule has 0 saturated carbocycles. The minimum Gasteiger partial charge on any atom is -0.617 e. The number of methoxy groups -OCH3 is 1. The highest BCUT2D eigenvalue weighted by Crippen LogP contribution is 2.15. The summed E-state index contributed by atoms with van der Waals surface area (Å²) >= 11 is 11.0. The number of halogens is 2. The van der Waals surface area contributed by atoms with E-state index in [2.05, 4.69) is 0 Å². The van der Waals surface area contributed by atoms with Crippen molar-refractivity contribution >= 4 is 28.9 Å². The van der Waals surface area contributed by atoms with Crippen LogP contribution in [0.15, 0.2) is 24.3 Å². The number of rotatable bonds is 2. The maximum atomic E-state index is 11.0. The lowest BCUT2D eigenvalue weighted by molar-refractivity contribution is -0.610. The third-order valence-electron chi connectivity index (χ3n) is 2.71. The molecule has 0 aromatic carbocycles. The van der Waals surface area contributed by atoms with E-state index in [0.717, 1.165) is 6.07 Å². The number of nitrogens with zero attached hydrogens (tertiary/aromatic N) is 3. The second-order valence-corrected chi connectivity index (χ2v) is 5.16. The van der Waals surface area contributed by atoms with Gasteiger partial charge < -0.3 is 15.2 Å². The normalized spacial score (nSPS) is 9.78. The predicted octanol–water partition coefficient (Wildman–Crippen LogP) is 2.48. The Hall–Kier alpha value is -2.32. The molecule has 0 N–H and O–H groups in total. The Balaban J connectivity index is 0.000000231. The first-order valence-electron chi connectivity index (χ1n) is 6.15. The molecule has 0 unspecified atom stereocenters. The van der Waals surface area contributed by atoms with E-state index in [1.54, 1.807) is 13.0 Å². The lowest BCUT2D eigenvalue weighted by Gasteiger charge is -2.04. The standard InChI is InChI=1S/C7H8ClNO2.C6H5ClN2O3/c1-5-3-6(11-2)4-7(8)9(5)10;1-4-2-5(9(11)12)3-6(7)8(4)10/h3-4H,1-2H3;2-3H,1H3. The molecule has 2 heterocycles. The van der Waals surface area contributed by atoms with Crippen LogP contribution in [-0.2, 0) is 0 Å². The number of aromatic nitrogens is 2. The molecule has 2 rings (SSSR count). The summed E-state index contributed by atoms with van der Waals surface area (Å²) in [6.07, 6.45) is 0. The molecule has 0 aliphatic carbocycles. The van der Waals surface area contributed by atoms with Crippen LogP contribution in [0.5, 0.6) is 5.75 Å². The van der Waals surface area contributed by atoms with E-state index in [1.165, 1.54) is 26.2 Å². The number of pyridine rings is 2. The summed E-state index contributed by atoms with van der Waals surface area (Å²) in [7, 11) is 1.53. The predicted molar refractivity (Wildman–Crippen MR) is 83.5 cm³/mol. The van der Waals surface area contributed by atoms with E-state index in [-0.39, 0.29) is 21.7 Å². The van der Waals surface area contributed by atoms with Crippen LogP contribution >= 0.6 is 23.2 Å². The maximum Gasteiger partial charge on any atom is 0.293 e. The first-order valence-corrected chi connectivity index (χ1v) is 6.90. The van der Waals surface area contributed by atoms with Gasteiger partial charge in [0.25, 0.3) is 16.0 Å². The van der Waals surface area contributed by atoms with Crippen molar-refractivity contribution in [1.82, 2.24) is 0 Å². The van der Waals surface area contributed by atoms with E-state index in [0.29, 0.717) is 20.9 Å². The van der Waals surface area contributed by atoms with Gasteiger partial charge in [-0.2, -0.15) is 9.46 Å². The Morgan fingerprint density at radius 1 is 1.00 bits per heavy atom. The molecule has 0 saturated heterocycles. The lowest BCUT2D eigenvalue weighted by Crippen LogP contribution is -2.31. The third kappa shape index (κ3) is 4.83. The number of ether oxygens (including phenoxy) is 1. The van der Waals surface area contributed by atoms with Crippen LogP contribution in [0.2, 0.25) is 10.3 Å². The summed E-state index contributed by atoms with van der Waals surface area (Å²) in [5, 5.41) is 32.1. The Bertz CT molecular complexity index is 694. The van der Waals surface area contributed by atoms with Crippen molar-refractivity contribution in [1.29, 1.82) is 0 Å². The minimum absolute atomic E-state index is 0.127. The van der Waals surface area contributed by atoms with Gasteiger partial charge >= 0.3 is 0 Å². The quantitative estimate of drug-likeness (QED) is 0.268. The van der Waals surface area contributed by atoms with Crippen molar-refractivity contribution in [2.45, 2.75) is 13.8 Å². The van der Waals surface area contributed by atoms with Crippen LogP contribution in [0, 0.1) is 34.4 Å². The van der Waals surface area contributed by atoms with Crippen LogP contribution in [0.1, 0.15) is 11.4 Å². The van der Waals surface area contributed by atoms with Crippen molar-refractivity contribution in [3.05, 3.63) is 66.5 Å². The van der Waals surface area contributed by atoms with Crippen molar-refractivity contribution in [2.75, 3.05) is 7.11 Å². The van der Waals surface area contributed by atoms with Gasteiger partial charge in [-0.1, -0.05) is 0 Å². The summed E-state index contributed by atoms with van der Waals surface area (Å²) in [6, 6.07) is 5.28. The number of nitro groups is 1. The lowest BCUT2D eigenvalue weighted by atomic mass is 10.3. The molecule has 10 heteroatoms. The average molecular weight is 362 g/mol. The highest BCUT2D eigenvalue weighted by molar-refractivity contribution is 6.28. The van der Waals surface area contributed by atoms with Gasteiger partial charge in [-0.25, -0.2) is 0 Å². The van der Waals surface area contributed by atoms with Crippen molar-refractivity contribution < 1.29 is 19.1 Å². The first-order chi connectivity index (χ1) is 10.7. The second-order valence-electron chi connectivity index (χ2n) is 4.38. The summed E-state index contributed by atoms with van der Waals surface area (Å²) in [4.78, 5) is 9.65. The molecule has 0 bridgehead atoms. The Morgan fingerprint density at radius 3 is 1.87 bits per heavy atom. The molecule has 8 nitrogen and oxygen atoms in total. The molecule has 2 aromatic rings. The summed E-state index contributed by atoms with van der Waals surface area (Å²) in [6.45, 7) is 3.12. The molecule has 124 valence electrons. The Morgan fingerprint density at radius 2 is 1.48 bits per heavy atom. The molecule has 0 atom stereocenters. The Labute approximate surface area is 141 Å². The van der Waals surface area contributed by atoms with Gasteiger partial charge in [0.15, 0.2) is 11.4 Å². The zero-order valence-electron chi connectivity index (χ0n) is 12.4. The van der Waals surface area contributed by atoms with Gasteiger partial charge in [-0.05, 0) is 23.2 Å². The monoisotopic (exact) mass is 361 g/mol. The fourth-order valence-electron chi connectivity index (χ4n) is 1.54. The van der Waals surface area contributed by atoms with Crippen LogP contribution in [-0.4, -0.2) is 12.0 Å². The van der Waals surface area contributed by atoms with Gasteiger partial charge in [0.1, 0.15) is 11.8 Å².